The summed E-state index contributed by atoms with van der Waals surface area (Å²) < 4.78 is 10.9. The van der Waals surface area contributed by atoms with Crippen molar-refractivity contribution >= 4 is 5.91 Å². The van der Waals surface area contributed by atoms with Gasteiger partial charge < -0.3 is 19.7 Å². The van der Waals surface area contributed by atoms with E-state index in [1.165, 1.54) is 17.7 Å². The maximum atomic E-state index is 11.6. The number of hydrogen-bond acceptors (Lipinski definition) is 4. The number of nitrogens with one attached hydrogen (secondary N) is 1. The second-order valence-electron chi connectivity index (χ2n) is 5.21. The largest absolute Gasteiger partial charge is 0.497 e. The topological polar surface area (TPSA) is 50.8 Å². The highest BCUT2D eigenvalue weighted by Crippen LogP contribution is 2.26. The van der Waals surface area contributed by atoms with E-state index >= 15 is 0 Å². The molecule has 0 aromatic heterocycles. The first-order valence-corrected chi connectivity index (χ1v) is 6.83. The van der Waals surface area contributed by atoms with Gasteiger partial charge in [0.05, 0.1) is 7.11 Å². The predicted molar refractivity (Wildman–Crippen MR) is 77.0 cm³/mol. The highest BCUT2D eigenvalue weighted by Gasteiger charge is 2.21. The molecular formula is C15H22N2O3. The van der Waals surface area contributed by atoms with E-state index in [0.717, 1.165) is 23.6 Å². The average molecular weight is 278 g/mol. The second-order valence-corrected chi connectivity index (χ2v) is 5.21. The number of benzene rings is 1. The minimum absolute atomic E-state index is 0.0513. The first kappa shape index (κ1) is 14.7. The van der Waals surface area contributed by atoms with Crippen LogP contribution in [0.5, 0.6) is 11.5 Å². The summed E-state index contributed by atoms with van der Waals surface area (Å²) >= 11 is 0. The summed E-state index contributed by atoms with van der Waals surface area (Å²) in [5.41, 5.74) is 1.02. The molecule has 1 saturated carbocycles. The van der Waals surface area contributed by atoms with Crippen LogP contribution in [0, 0.1) is 0 Å². The molecule has 5 nitrogen and oxygen atoms in total. The van der Waals surface area contributed by atoms with Crippen molar-refractivity contribution < 1.29 is 14.3 Å². The van der Waals surface area contributed by atoms with Crippen molar-refractivity contribution in [2.75, 3.05) is 27.8 Å². The van der Waals surface area contributed by atoms with Gasteiger partial charge >= 0.3 is 0 Å². The molecule has 0 heterocycles. The van der Waals surface area contributed by atoms with Crippen LogP contribution in [-0.2, 0) is 11.3 Å². The Balaban J connectivity index is 2.02. The van der Waals surface area contributed by atoms with Crippen molar-refractivity contribution in [3.05, 3.63) is 23.8 Å². The minimum atomic E-state index is -0.0538. The van der Waals surface area contributed by atoms with Gasteiger partial charge in [0.25, 0.3) is 5.91 Å². The van der Waals surface area contributed by atoms with Gasteiger partial charge in [-0.3, -0.25) is 4.79 Å². The van der Waals surface area contributed by atoms with Crippen LogP contribution >= 0.6 is 0 Å². The van der Waals surface area contributed by atoms with E-state index in [9.17, 15) is 4.79 Å². The molecule has 1 amide bonds. The maximum Gasteiger partial charge on any atom is 0.259 e. The fourth-order valence-corrected chi connectivity index (χ4v) is 1.77. The van der Waals surface area contributed by atoms with Crippen LogP contribution in [-0.4, -0.2) is 44.7 Å². The van der Waals surface area contributed by atoms with E-state index in [4.69, 9.17) is 9.47 Å². The summed E-state index contributed by atoms with van der Waals surface area (Å²) in [7, 11) is 5.08. The Labute approximate surface area is 119 Å². The number of carbonyl (C=O) groups excluding carboxylic acids is 1. The zero-order valence-corrected chi connectivity index (χ0v) is 12.3. The summed E-state index contributed by atoms with van der Waals surface area (Å²) in [6, 6.07) is 6.27. The Bertz CT molecular complexity index is 470. The van der Waals surface area contributed by atoms with Gasteiger partial charge in [0.15, 0.2) is 6.61 Å². The molecule has 0 unspecified atom stereocenters. The molecule has 20 heavy (non-hydrogen) atoms. The standard InChI is InChI=1S/C15H22N2O3/c1-17(2)15(18)10-20-14-7-6-13(19-3)8-11(14)9-16-12-4-5-12/h6-8,12,16H,4-5,9-10H2,1-3H3. The minimum Gasteiger partial charge on any atom is -0.497 e. The van der Waals surface area contributed by atoms with Crippen molar-refractivity contribution in [2.45, 2.75) is 25.4 Å². The van der Waals surface area contributed by atoms with Crippen molar-refractivity contribution in [2.24, 2.45) is 0 Å². The number of amides is 1. The fourth-order valence-electron chi connectivity index (χ4n) is 1.77. The van der Waals surface area contributed by atoms with Crippen LogP contribution in [0.15, 0.2) is 18.2 Å². The van der Waals surface area contributed by atoms with Crippen molar-refractivity contribution in [3.63, 3.8) is 0 Å². The van der Waals surface area contributed by atoms with E-state index in [2.05, 4.69) is 5.32 Å². The van der Waals surface area contributed by atoms with E-state index < -0.39 is 0 Å². The number of carbonyl (C=O) groups is 1. The van der Waals surface area contributed by atoms with Gasteiger partial charge in [0, 0.05) is 32.2 Å². The van der Waals surface area contributed by atoms with Gasteiger partial charge in [-0.25, -0.2) is 0 Å². The molecule has 0 spiro atoms. The van der Waals surface area contributed by atoms with E-state index in [0.29, 0.717) is 6.04 Å². The average Bonchev–Trinajstić information content (AvgIpc) is 3.26. The van der Waals surface area contributed by atoms with Crippen LogP contribution in [0.2, 0.25) is 0 Å². The van der Waals surface area contributed by atoms with Crippen molar-refractivity contribution in [1.82, 2.24) is 10.2 Å². The number of hydrogen-bond donors (Lipinski definition) is 1. The lowest BCUT2D eigenvalue weighted by Gasteiger charge is -2.15. The summed E-state index contributed by atoms with van der Waals surface area (Å²) in [4.78, 5) is 13.1. The van der Waals surface area contributed by atoms with Crippen molar-refractivity contribution in [3.8, 4) is 11.5 Å². The fraction of sp³-hybridized carbons (Fsp3) is 0.533. The SMILES string of the molecule is COc1ccc(OCC(=O)N(C)C)c(CNC2CC2)c1. The maximum absolute atomic E-state index is 11.6. The van der Waals surface area contributed by atoms with Gasteiger partial charge in [-0.15, -0.1) is 0 Å². The first-order chi connectivity index (χ1) is 9.60. The molecule has 110 valence electrons. The van der Waals surface area contributed by atoms with Crippen molar-refractivity contribution in [1.29, 1.82) is 0 Å². The molecular weight excluding hydrogens is 256 g/mol. The molecule has 5 heteroatoms. The van der Waals surface area contributed by atoms with Gasteiger partial charge in [0.2, 0.25) is 0 Å². The van der Waals surface area contributed by atoms with Gasteiger partial charge in [-0.1, -0.05) is 0 Å². The number of ether oxygens (including phenoxy) is 2. The number of rotatable bonds is 7. The van der Waals surface area contributed by atoms with Gasteiger partial charge in [-0.05, 0) is 31.0 Å². The molecule has 1 aliphatic carbocycles. The molecule has 1 aromatic carbocycles. The predicted octanol–water partition coefficient (Wildman–Crippen LogP) is 1.41. The highest BCUT2D eigenvalue weighted by molar-refractivity contribution is 5.77. The Morgan fingerprint density at radius 3 is 2.75 bits per heavy atom. The third kappa shape index (κ3) is 4.13. The Morgan fingerprint density at radius 1 is 1.40 bits per heavy atom. The highest BCUT2D eigenvalue weighted by atomic mass is 16.5. The lowest BCUT2D eigenvalue weighted by molar-refractivity contribution is -0.130. The van der Waals surface area contributed by atoms with Crippen LogP contribution in [0.1, 0.15) is 18.4 Å². The third-order valence-corrected chi connectivity index (χ3v) is 3.28. The Hall–Kier alpha value is -1.75. The lowest BCUT2D eigenvalue weighted by atomic mass is 10.2. The lowest BCUT2D eigenvalue weighted by Crippen LogP contribution is -2.28. The van der Waals surface area contributed by atoms with E-state index in [1.54, 1.807) is 21.2 Å². The monoisotopic (exact) mass is 278 g/mol. The second kappa shape index (κ2) is 6.61. The molecule has 0 aliphatic heterocycles. The molecule has 2 rings (SSSR count). The van der Waals surface area contributed by atoms with Crippen LogP contribution < -0.4 is 14.8 Å². The molecule has 0 bridgehead atoms. The smallest absolute Gasteiger partial charge is 0.259 e. The summed E-state index contributed by atoms with van der Waals surface area (Å²) in [5.74, 6) is 1.47. The summed E-state index contributed by atoms with van der Waals surface area (Å²) in [5, 5.41) is 3.44. The Kier molecular flexibility index (Phi) is 4.84. The molecule has 0 atom stereocenters. The molecule has 0 radical (unpaired) electrons. The van der Waals surface area contributed by atoms with E-state index in [-0.39, 0.29) is 12.5 Å². The number of methoxy groups -OCH3 is 1. The van der Waals surface area contributed by atoms with E-state index in [1.807, 2.05) is 18.2 Å². The molecule has 1 aromatic rings. The molecule has 1 N–H and O–H groups in total. The Morgan fingerprint density at radius 2 is 2.15 bits per heavy atom. The summed E-state index contributed by atoms with van der Waals surface area (Å²) in [6.45, 7) is 0.781. The quantitative estimate of drug-likeness (QED) is 0.819. The normalized spacial score (nSPS) is 13.9. The molecule has 1 fully saturated rings. The number of likely N-dealkylation sites (N-methyl/N-ethyl adjacent to an activating group) is 1. The number of nitrogens with zero attached hydrogens (tertiary/aromatic N) is 1. The molecule has 1 aliphatic rings. The van der Waals surface area contributed by atoms with Gasteiger partial charge in [0.1, 0.15) is 11.5 Å². The zero-order valence-electron chi connectivity index (χ0n) is 12.3. The van der Waals surface area contributed by atoms with Crippen LogP contribution in [0.3, 0.4) is 0 Å². The summed E-state index contributed by atoms with van der Waals surface area (Å²) in [6.07, 6.45) is 2.47. The third-order valence-electron chi connectivity index (χ3n) is 3.28. The molecule has 0 saturated heterocycles. The zero-order chi connectivity index (χ0) is 14.5. The first-order valence-electron chi connectivity index (χ1n) is 6.83. The van der Waals surface area contributed by atoms with Crippen LogP contribution in [0.4, 0.5) is 0 Å². The van der Waals surface area contributed by atoms with Gasteiger partial charge in [-0.2, -0.15) is 0 Å². The van der Waals surface area contributed by atoms with Crippen LogP contribution in [0.25, 0.3) is 0 Å².